The zero-order chi connectivity index (χ0) is 13.3. The highest BCUT2D eigenvalue weighted by atomic mass is 35.5. The molecule has 1 heterocycles. The van der Waals surface area contributed by atoms with E-state index in [1.165, 1.54) is 5.56 Å². The van der Waals surface area contributed by atoms with Crippen molar-refractivity contribution in [2.75, 3.05) is 11.9 Å². The molecule has 0 fully saturated rings. The molecule has 0 radical (unpaired) electrons. The minimum atomic E-state index is 0.0848. The first-order valence-corrected chi connectivity index (χ1v) is 6.11. The molecule has 0 aliphatic rings. The van der Waals surface area contributed by atoms with Crippen molar-refractivity contribution >= 4 is 34.8 Å². The monoisotopic (exact) mass is 282 g/mol. The molecule has 6 heteroatoms. The van der Waals surface area contributed by atoms with E-state index in [9.17, 15) is 0 Å². The summed E-state index contributed by atoms with van der Waals surface area (Å²) >= 11 is 11.5. The Morgan fingerprint density at radius 3 is 2.17 bits per heavy atom. The first kappa shape index (κ1) is 13.1. The molecule has 0 saturated heterocycles. The van der Waals surface area contributed by atoms with Gasteiger partial charge in [0, 0.05) is 12.7 Å². The van der Waals surface area contributed by atoms with E-state index in [1.54, 1.807) is 0 Å². The number of rotatable bonds is 2. The Morgan fingerprint density at radius 1 is 1.00 bits per heavy atom. The lowest BCUT2D eigenvalue weighted by Gasteiger charge is -2.19. The van der Waals surface area contributed by atoms with E-state index in [1.807, 2.05) is 37.9 Å². The van der Waals surface area contributed by atoms with E-state index in [2.05, 4.69) is 21.0 Å². The maximum Gasteiger partial charge on any atom is 0.235 e. The van der Waals surface area contributed by atoms with Gasteiger partial charge >= 0.3 is 0 Å². The van der Waals surface area contributed by atoms with Gasteiger partial charge in [-0.3, -0.25) is 0 Å². The summed E-state index contributed by atoms with van der Waals surface area (Å²) in [6.45, 7) is 4.08. The summed E-state index contributed by atoms with van der Waals surface area (Å²) < 4.78 is 0. The van der Waals surface area contributed by atoms with Crippen molar-refractivity contribution in [2.45, 2.75) is 13.8 Å². The van der Waals surface area contributed by atoms with Gasteiger partial charge in [-0.05, 0) is 48.7 Å². The van der Waals surface area contributed by atoms with Crippen LogP contribution in [0.5, 0.6) is 0 Å². The van der Waals surface area contributed by atoms with Crippen molar-refractivity contribution in [1.29, 1.82) is 0 Å². The molecule has 1 aromatic carbocycles. The van der Waals surface area contributed by atoms with E-state index < -0.39 is 0 Å². The van der Waals surface area contributed by atoms with Crippen LogP contribution >= 0.6 is 23.2 Å². The fraction of sp³-hybridized carbons (Fsp3) is 0.250. The molecule has 0 unspecified atom stereocenters. The van der Waals surface area contributed by atoms with Gasteiger partial charge < -0.3 is 4.90 Å². The number of hydrogen-bond acceptors (Lipinski definition) is 4. The first-order valence-electron chi connectivity index (χ1n) is 5.35. The van der Waals surface area contributed by atoms with Crippen molar-refractivity contribution in [3.63, 3.8) is 0 Å². The lowest BCUT2D eigenvalue weighted by Crippen LogP contribution is -2.15. The van der Waals surface area contributed by atoms with Gasteiger partial charge in [-0.2, -0.15) is 15.0 Å². The van der Waals surface area contributed by atoms with Gasteiger partial charge in [0.1, 0.15) is 0 Å². The molecule has 2 rings (SSSR count). The SMILES string of the molecule is Cc1ccc(N(C)c2nc(Cl)nc(Cl)n2)c(C)c1. The fourth-order valence-corrected chi connectivity index (χ4v) is 2.11. The van der Waals surface area contributed by atoms with Crippen LogP contribution in [0.1, 0.15) is 11.1 Å². The first-order chi connectivity index (χ1) is 8.47. The Kier molecular flexibility index (Phi) is 3.68. The Balaban J connectivity index is 2.44. The number of halogens is 2. The third kappa shape index (κ3) is 2.71. The van der Waals surface area contributed by atoms with E-state index >= 15 is 0 Å². The Labute approximate surface area is 116 Å². The highest BCUT2D eigenvalue weighted by Crippen LogP contribution is 2.25. The van der Waals surface area contributed by atoms with Crippen LogP contribution in [0.4, 0.5) is 11.6 Å². The summed E-state index contributed by atoms with van der Waals surface area (Å²) in [5, 5.41) is 0.170. The van der Waals surface area contributed by atoms with E-state index in [-0.39, 0.29) is 10.6 Å². The summed E-state index contributed by atoms with van der Waals surface area (Å²) in [5.74, 6) is 0.423. The van der Waals surface area contributed by atoms with Gasteiger partial charge in [-0.1, -0.05) is 17.7 Å². The maximum absolute atomic E-state index is 5.77. The average Bonchev–Trinajstić information content (AvgIpc) is 2.26. The lowest BCUT2D eigenvalue weighted by atomic mass is 10.1. The highest BCUT2D eigenvalue weighted by Gasteiger charge is 2.12. The average molecular weight is 283 g/mol. The van der Waals surface area contributed by atoms with Gasteiger partial charge in [-0.25, -0.2) is 0 Å². The fourth-order valence-electron chi connectivity index (χ4n) is 1.76. The molecule has 4 nitrogen and oxygen atoms in total. The van der Waals surface area contributed by atoms with Crippen LogP contribution in [-0.4, -0.2) is 22.0 Å². The van der Waals surface area contributed by atoms with Gasteiger partial charge in [0.2, 0.25) is 16.5 Å². The minimum absolute atomic E-state index is 0.0848. The van der Waals surface area contributed by atoms with Gasteiger partial charge in [0.15, 0.2) is 0 Å². The van der Waals surface area contributed by atoms with E-state index in [0.717, 1.165) is 11.3 Å². The van der Waals surface area contributed by atoms with E-state index in [4.69, 9.17) is 23.2 Å². The van der Waals surface area contributed by atoms with E-state index in [0.29, 0.717) is 5.95 Å². The third-order valence-electron chi connectivity index (χ3n) is 2.58. The van der Waals surface area contributed by atoms with Crippen molar-refractivity contribution in [3.05, 3.63) is 39.9 Å². The number of anilines is 2. The van der Waals surface area contributed by atoms with Crippen LogP contribution < -0.4 is 4.90 Å². The zero-order valence-corrected chi connectivity index (χ0v) is 11.8. The second-order valence-electron chi connectivity index (χ2n) is 4.02. The largest absolute Gasteiger partial charge is 0.313 e. The molecule has 0 spiro atoms. The molecule has 0 N–H and O–H groups in total. The quantitative estimate of drug-likeness (QED) is 0.845. The van der Waals surface area contributed by atoms with Crippen LogP contribution in [0.2, 0.25) is 10.6 Å². The Hall–Kier alpha value is -1.39. The van der Waals surface area contributed by atoms with Crippen LogP contribution in [0.15, 0.2) is 18.2 Å². The second-order valence-corrected chi connectivity index (χ2v) is 4.70. The molecule has 18 heavy (non-hydrogen) atoms. The molecular formula is C12H12Cl2N4. The molecule has 2 aromatic rings. The molecule has 0 bridgehead atoms. The molecule has 0 amide bonds. The normalized spacial score (nSPS) is 10.5. The van der Waals surface area contributed by atoms with Crippen molar-refractivity contribution in [2.24, 2.45) is 0 Å². The highest BCUT2D eigenvalue weighted by molar-refractivity contribution is 6.31. The van der Waals surface area contributed by atoms with Gasteiger partial charge in [0.05, 0.1) is 0 Å². The third-order valence-corrected chi connectivity index (χ3v) is 2.92. The number of aryl methyl sites for hydroxylation is 2. The lowest BCUT2D eigenvalue weighted by molar-refractivity contribution is 0.981. The number of benzene rings is 1. The topological polar surface area (TPSA) is 41.9 Å². The van der Waals surface area contributed by atoms with Crippen LogP contribution in [-0.2, 0) is 0 Å². The molecule has 0 saturated carbocycles. The van der Waals surface area contributed by atoms with Gasteiger partial charge in [0.25, 0.3) is 0 Å². The van der Waals surface area contributed by atoms with Crippen LogP contribution in [0, 0.1) is 13.8 Å². The second kappa shape index (κ2) is 5.08. The predicted molar refractivity (Wildman–Crippen MR) is 73.8 cm³/mol. The number of hydrogen-bond donors (Lipinski definition) is 0. The maximum atomic E-state index is 5.77. The Morgan fingerprint density at radius 2 is 1.61 bits per heavy atom. The zero-order valence-electron chi connectivity index (χ0n) is 10.3. The smallest absolute Gasteiger partial charge is 0.235 e. The molecule has 94 valence electrons. The van der Waals surface area contributed by atoms with Gasteiger partial charge in [-0.15, -0.1) is 0 Å². The Bertz CT molecular complexity index is 566. The molecule has 0 aliphatic carbocycles. The van der Waals surface area contributed by atoms with Crippen LogP contribution in [0.25, 0.3) is 0 Å². The number of aromatic nitrogens is 3. The summed E-state index contributed by atoms with van der Waals surface area (Å²) in [7, 11) is 1.86. The molecule has 1 aromatic heterocycles. The number of nitrogens with zero attached hydrogens (tertiary/aromatic N) is 4. The molecule has 0 aliphatic heterocycles. The van der Waals surface area contributed by atoms with Crippen LogP contribution in [0.3, 0.4) is 0 Å². The minimum Gasteiger partial charge on any atom is -0.313 e. The summed E-state index contributed by atoms with van der Waals surface area (Å²) in [5.41, 5.74) is 3.33. The predicted octanol–water partition coefficient (Wildman–Crippen LogP) is 3.56. The van der Waals surface area contributed by atoms with Crippen molar-refractivity contribution in [3.8, 4) is 0 Å². The summed E-state index contributed by atoms with van der Waals surface area (Å²) in [6.07, 6.45) is 0. The van der Waals surface area contributed by atoms with Crippen molar-refractivity contribution < 1.29 is 0 Å². The summed E-state index contributed by atoms with van der Waals surface area (Å²) in [6, 6.07) is 6.13. The summed E-state index contributed by atoms with van der Waals surface area (Å²) in [4.78, 5) is 13.7. The molecular weight excluding hydrogens is 271 g/mol. The van der Waals surface area contributed by atoms with Crippen molar-refractivity contribution in [1.82, 2.24) is 15.0 Å². The molecule has 0 atom stereocenters. The standard InChI is InChI=1S/C12H12Cl2N4/c1-7-4-5-9(8(2)6-7)18(3)12-16-10(13)15-11(14)17-12/h4-6H,1-3H3.